The Labute approximate surface area is 162 Å². The third kappa shape index (κ3) is 6.30. The van der Waals surface area contributed by atoms with Crippen molar-refractivity contribution in [2.45, 2.75) is 38.0 Å². The van der Waals surface area contributed by atoms with E-state index in [9.17, 15) is 4.79 Å². The molecule has 23 heavy (non-hydrogen) atoms. The second kappa shape index (κ2) is 9.31. The molecule has 6 nitrogen and oxygen atoms in total. The number of hydrogen-bond donors (Lipinski definition) is 2. The highest BCUT2D eigenvalue weighted by Gasteiger charge is 2.35. The van der Waals surface area contributed by atoms with Crippen molar-refractivity contribution in [1.82, 2.24) is 15.1 Å². The van der Waals surface area contributed by atoms with E-state index in [4.69, 9.17) is 5.73 Å². The lowest BCUT2D eigenvalue weighted by atomic mass is 10.0. The smallest absolute Gasteiger partial charge is 0.237 e. The summed E-state index contributed by atoms with van der Waals surface area (Å²) in [4.78, 5) is 20.3. The molecule has 0 atom stereocenters. The van der Waals surface area contributed by atoms with Crippen molar-refractivity contribution in [2.75, 3.05) is 46.0 Å². The Bertz CT molecular complexity index is 420. The van der Waals surface area contributed by atoms with E-state index < -0.39 is 5.54 Å². The minimum Gasteiger partial charge on any atom is -0.368 e. The number of guanidine groups is 1. The summed E-state index contributed by atoms with van der Waals surface area (Å²) in [5.74, 6) is 0.656. The number of carbonyl (C=O) groups excluding carboxylic acids is 1. The van der Waals surface area contributed by atoms with Crippen molar-refractivity contribution in [3.8, 4) is 0 Å². The maximum absolute atomic E-state index is 11.6. The predicted molar refractivity (Wildman–Crippen MR) is 111 cm³/mol. The predicted octanol–water partition coefficient (Wildman–Crippen LogP) is 1.20. The molecule has 0 radical (unpaired) electrons. The molecule has 0 unspecified atom stereocenters. The maximum atomic E-state index is 11.6. The first-order valence-electron chi connectivity index (χ1n) is 7.70. The molecule has 8 heteroatoms. The molecule has 136 valence electrons. The first kappa shape index (κ1) is 22.8. The summed E-state index contributed by atoms with van der Waals surface area (Å²) in [6, 6.07) is 0. The number of carbonyl (C=O) groups is 1. The molecule has 0 bridgehead atoms. The van der Waals surface area contributed by atoms with Crippen molar-refractivity contribution < 1.29 is 4.79 Å². The first-order valence-corrected chi connectivity index (χ1v) is 8.92. The monoisotopic (exact) mass is 457 g/mol. The van der Waals surface area contributed by atoms with Crippen LogP contribution in [0.2, 0.25) is 0 Å². The van der Waals surface area contributed by atoms with E-state index in [-0.39, 0.29) is 34.6 Å². The Hall–Kier alpha value is -0.220. The minimum absolute atomic E-state index is 0. The zero-order valence-electron chi connectivity index (χ0n) is 15.2. The molecule has 1 fully saturated rings. The second-order valence-electron chi connectivity index (χ2n) is 6.76. The minimum atomic E-state index is -0.593. The van der Waals surface area contributed by atoms with E-state index in [0.29, 0.717) is 0 Å². The van der Waals surface area contributed by atoms with Crippen LogP contribution < -0.4 is 11.1 Å². The molecule has 0 aromatic rings. The lowest BCUT2D eigenvalue weighted by Gasteiger charge is -2.43. The van der Waals surface area contributed by atoms with Gasteiger partial charge in [-0.25, -0.2) is 0 Å². The van der Waals surface area contributed by atoms with Gasteiger partial charge in [0.05, 0.1) is 5.54 Å². The fourth-order valence-electron chi connectivity index (χ4n) is 2.33. The van der Waals surface area contributed by atoms with Gasteiger partial charge in [-0.2, -0.15) is 11.8 Å². The number of piperazine rings is 1. The molecular weight excluding hydrogens is 425 g/mol. The average molecular weight is 457 g/mol. The van der Waals surface area contributed by atoms with Gasteiger partial charge in [-0.05, 0) is 34.0 Å². The molecule has 1 heterocycles. The van der Waals surface area contributed by atoms with E-state index in [1.807, 2.05) is 32.7 Å². The summed E-state index contributed by atoms with van der Waals surface area (Å²) >= 11 is 1.84. The van der Waals surface area contributed by atoms with E-state index in [1.54, 1.807) is 0 Å². The molecule has 0 aliphatic carbocycles. The number of nitrogens with one attached hydrogen (secondary N) is 1. The topological polar surface area (TPSA) is 74.0 Å². The van der Waals surface area contributed by atoms with Gasteiger partial charge in [0, 0.05) is 44.5 Å². The number of primary amides is 1. The molecule has 1 aliphatic rings. The lowest BCUT2D eigenvalue weighted by Crippen LogP contribution is -2.61. The highest BCUT2D eigenvalue weighted by Crippen LogP contribution is 2.20. The summed E-state index contributed by atoms with van der Waals surface area (Å²) in [5.41, 5.74) is 4.91. The summed E-state index contributed by atoms with van der Waals surface area (Å²) in [7, 11) is 1.81. The SMILES string of the molecule is CN=C(NCC(C)(C)SC)N1CCN(C(C)(C)C(N)=O)CC1.I. The second-order valence-corrected chi connectivity index (χ2v) is 8.28. The molecule has 0 aromatic heterocycles. The van der Waals surface area contributed by atoms with Gasteiger partial charge in [-0.15, -0.1) is 24.0 Å². The third-order valence-electron chi connectivity index (χ3n) is 4.41. The Morgan fingerprint density at radius 1 is 1.22 bits per heavy atom. The number of aliphatic imine (C=N–C) groups is 1. The number of amides is 1. The van der Waals surface area contributed by atoms with Crippen LogP contribution in [0.1, 0.15) is 27.7 Å². The molecule has 1 saturated heterocycles. The van der Waals surface area contributed by atoms with Crippen LogP contribution in [0.3, 0.4) is 0 Å². The Balaban J connectivity index is 0.00000484. The van der Waals surface area contributed by atoms with Crippen LogP contribution in [-0.2, 0) is 4.79 Å². The molecule has 0 saturated carbocycles. The number of hydrogen-bond acceptors (Lipinski definition) is 4. The van der Waals surface area contributed by atoms with Crippen molar-refractivity contribution in [3.63, 3.8) is 0 Å². The summed E-state index contributed by atoms with van der Waals surface area (Å²) in [5, 5.41) is 3.45. The van der Waals surface area contributed by atoms with Crippen LogP contribution in [-0.4, -0.2) is 78.0 Å². The highest BCUT2D eigenvalue weighted by atomic mass is 127. The fourth-order valence-corrected chi connectivity index (χ4v) is 2.55. The molecule has 0 aromatic carbocycles. The maximum Gasteiger partial charge on any atom is 0.237 e. The summed E-state index contributed by atoms with van der Waals surface area (Å²) in [6.45, 7) is 12.4. The Morgan fingerprint density at radius 2 is 1.74 bits per heavy atom. The van der Waals surface area contributed by atoms with Crippen LogP contribution in [0.25, 0.3) is 0 Å². The van der Waals surface area contributed by atoms with Gasteiger partial charge in [0.2, 0.25) is 5.91 Å². The van der Waals surface area contributed by atoms with Gasteiger partial charge in [0.15, 0.2) is 5.96 Å². The van der Waals surface area contributed by atoms with Gasteiger partial charge in [0.1, 0.15) is 0 Å². The standard InChI is InChI=1S/C15H31N5OS.HI/c1-14(2,22-6)11-18-13(17-5)19-7-9-20(10-8-19)15(3,4)12(16)21;/h7-11H2,1-6H3,(H2,16,21)(H,17,18);1H. The van der Waals surface area contributed by atoms with Gasteiger partial charge in [0.25, 0.3) is 0 Å². The van der Waals surface area contributed by atoms with E-state index in [1.165, 1.54) is 0 Å². The van der Waals surface area contributed by atoms with Gasteiger partial charge in [-0.3, -0.25) is 14.7 Å². The van der Waals surface area contributed by atoms with Crippen LogP contribution in [0, 0.1) is 0 Å². The number of rotatable bonds is 5. The highest BCUT2D eigenvalue weighted by molar-refractivity contribution is 14.0. The van der Waals surface area contributed by atoms with Crippen LogP contribution in [0.15, 0.2) is 4.99 Å². The van der Waals surface area contributed by atoms with Crippen LogP contribution in [0.5, 0.6) is 0 Å². The van der Waals surface area contributed by atoms with Crippen molar-refractivity contribution in [3.05, 3.63) is 0 Å². The normalized spacial score (nSPS) is 17.7. The van der Waals surface area contributed by atoms with Gasteiger partial charge < -0.3 is 16.0 Å². The molecule has 1 aliphatic heterocycles. The quantitative estimate of drug-likeness (QED) is 0.369. The van der Waals surface area contributed by atoms with Crippen molar-refractivity contribution in [2.24, 2.45) is 10.7 Å². The number of halogens is 1. The number of nitrogens with two attached hydrogens (primary N) is 1. The largest absolute Gasteiger partial charge is 0.368 e. The number of thioether (sulfide) groups is 1. The molecule has 1 rings (SSSR count). The fraction of sp³-hybridized carbons (Fsp3) is 0.867. The van der Waals surface area contributed by atoms with E-state index in [0.717, 1.165) is 38.7 Å². The average Bonchev–Trinajstić information content (AvgIpc) is 2.48. The Kier molecular flexibility index (Phi) is 9.22. The zero-order chi connectivity index (χ0) is 17.0. The van der Waals surface area contributed by atoms with Crippen molar-refractivity contribution >= 4 is 47.6 Å². The summed E-state index contributed by atoms with van der Waals surface area (Å²) < 4.78 is 0.172. The zero-order valence-corrected chi connectivity index (χ0v) is 18.3. The lowest BCUT2D eigenvalue weighted by molar-refractivity contribution is -0.129. The van der Waals surface area contributed by atoms with E-state index >= 15 is 0 Å². The summed E-state index contributed by atoms with van der Waals surface area (Å²) in [6.07, 6.45) is 2.12. The molecular formula is C15H32IN5OS. The molecule has 3 N–H and O–H groups in total. The molecule has 1 amide bonds. The van der Waals surface area contributed by atoms with Gasteiger partial charge in [-0.1, -0.05) is 0 Å². The van der Waals surface area contributed by atoms with Crippen molar-refractivity contribution in [1.29, 1.82) is 0 Å². The van der Waals surface area contributed by atoms with E-state index in [2.05, 4.69) is 40.2 Å². The Morgan fingerprint density at radius 3 is 2.13 bits per heavy atom. The number of nitrogens with zero attached hydrogens (tertiary/aromatic N) is 3. The molecule has 0 spiro atoms. The third-order valence-corrected chi connectivity index (χ3v) is 5.66. The van der Waals surface area contributed by atoms with Crippen LogP contribution >= 0.6 is 35.7 Å². The van der Waals surface area contributed by atoms with Crippen LogP contribution in [0.4, 0.5) is 0 Å². The van der Waals surface area contributed by atoms with Gasteiger partial charge >= 0.3 is 0 Å². The first-order chi connectivity index (χ1) is 10.1.